The molecule has 1 aromatic carbocycles. The van der Waals surface area contributed by atoms with Crippen molar-refractivity contribution in [2.24, 2.45) is 5.92 Å². The number of rotatable bonds is 4. The summed E-state index contributed by atoms with van der Waals surface area (Å²) in [4.78, 5) is 16.7. The van der Waals surface area contributed by atoms with E-state index >= 15 is 0 Å². The maximum atomic E-state index is 12.5. The number of carbonyl (C=O) groups is 1. The summed E-state index contributed by atoms with van der Waals surface area (Å²) in [6.07, 6.45) is 3.98. The standard InChI is InChI=1S/C18H26N2O2/c1-13(14-3-4-14)19(2)18(22)15-5-7-16(8-6-15)20-11-9-17(21)10-12-20/h5-8,13-14,17,21H,3-4,9-12H2,1-2H3. The van der Waals surface area contributed by atoms with Crippen molar-refractivity contribution in [1.82, 2.24) is 4.90 Å². The summed E-state index contributed by atoms with van der Waals surface area (Å²) in [7, 11) is 1.91. The lowest BCUT2D eigenvalue weighted by molar-refractivity contribution is 0.0727. The predicted molar refractivity (Wildman–Crippen MR) is 88.2 cm³/mol. The highest BCUT2D eigenvalue weighted by molar-refractivity contribution is 5.94. The minimum atomic E-state index is -0.158. The van der Waals surface area contributed by atoms with Crippen LogP contribution in [0.4, 0.5) is 5.69 Å². The molecule has 22 heavy (non-hydrogen) atoms. The van der Waals surface area contributed by atoms with Crippen molar-refractivity contribution in [3.05, 3.63) is 29.8 Å². The molecule has 1 saturated heterocycles. The minimum absolute atomic E-state index is 0.111. The van der Waals surface area contributed by atoms with E-state index in [4.69, 9.17) is 0 Å². The van der Waals surface area contributed by atoms with Crippen molar-refractivity contribution in [1.29, 1.82) is 0 Å². The number of anilines is 1. The van der Waals surface area contributed by atoms with E-state index in [0.29, 0.717) is 12.0 Å². The molecular weight excluding hydrogens is 276 g/mol. The normalized spacial score (nSPS) is 20.8. The largest absolute Gasteiger partial charge is 0.393 e. The molecule has 0 bridgehead atoms. The monoisotopic (exact) mass is 302 g/mol. The van der Waals surface area contributed by atoms with Crippen LogP contribution >= 0.6 is 0 Å². The Hall–Kier alpha value is -1.55. The molecule has 4 nitrogen and oxygen atoms in total. The fourth-order valence-electron chi connectivity index (χ4n) is 3.22. The van der Waals surface area contributed by atoms with Crippen LogP contribution in [0.1, 0.15) is 43.0 Å². The lowest BCUT2D eigenvalue weighted by Gasteiger charge is -2.31. The maximum Gasteiger partial charge on any atom is 0.253 e. The first kappa shape index (κ1) is 15.3. The molecule has 2 aliphatic rings. The Bertz CT molecular complexity index is 516. The van der Waals surface area contributed by atoms with Gasteiger partial charge in [0.15, 0.2) is 0 Å². The quantitative estimate of drug-likeness (QED) is 0.929. The Morgan fingerprint density at radius 3 is 2.32 bits per heavy atom. The smallest absolute Gasteiger partial charge is 0.253 e. The number of nitrogens with zero attached hydrogens (tertiary/aromatic N) is 2. The van der Waals surface area contributed by atoms with Crippen LogP contribution < -0.4 is 4.90 Å². The molecule has 1 N–H and O–H groups in total. The van der Waals surface area contributed by atoms with Gasteiger partial charge in [-0.25, -0.2) is 0 Å². The van der Waals surface area contributed by atoms with Crippen LogP contribution in [0.15, 0.2) is 24.3 Å². The van der Waals surface area contributed by atoms with E-state index in [1.165, 1.54) is 12.8 Å². The zero-order chi connectivity index (χ0) is 15.7. The summed E-state index contributed by atoms with van der Waals surface area (Å²) >= 11 is 0. The van der Waals surface area contributed by atoms with Crippen LogP contribution in [0, 0.1) is 5.92 Å². The molecule has 1 aromatic rings. The van der Waals surface area contributed by atoms with Gasteiger partial charge in [-0.2, -0.15) is 0 Å². The van der Waals surface area contributed by atoms with Crippen molar-refractivity contribution in [2.75, 3.05) is 25.0 Å². The Balaban J connectivity index is 1.64. The number of aliphatic hydroxyl groups excluding tert-OH is 1. The lowest BCUT2D eigenvalue weighted by Crippen LogP contribution is -2.37. The molecule has 1 amide bonds. The van der Waals surface area contributed by atoms with Gasteiger partial charge in [-0.15, -0.1) is 0 Å². The SMILES string of the molecule is CC(C1CC1)N(C)C(=O)c1ccc(N2CCC(O)CC2)cc1. The van der Waals surface area contributed by atoms with E-state index in [1.54, 1.807) is 0 Å². The van der Waals surface area contributed by atoms with Crippen molar-refractivity contribution in [3.8, 4) is 0 Å². The van der Waals surface area contributed by atoms with Crippen LogP contribution in [-0.2, 0) is 0 Å². The molecule has 0 spiro atoms. The third-order valence-electron chi connectivity index (χ3n) is 5.18. The van der Waals surface area contributed by atoms with Crippen molar-refractivity contribution >= 4 is 11.6 Å². The van der Waals surface area contributed by atoms with E-state index < -0.39 is 0 Å². The van der Waals surface area contributed by atoms with Gasteiger partial charge in [-0.1, -0.05) is 0 Å². The van der Waals surface area contributed by atoms with Gasteiger partial charge in [0, 0.05) is 37.4 Å². The number of carbonyl (C=O) groups excluding carboxylic acids is 1. The summed E-state index contributed by atoms with van der Waals surface area (Å²) in [5, 5.41) is 9.58. The minimum Gasteiger partial charge on any atom is -0.393 e. The Kier molecular flexibility index (Phi) is 4.39. The second kappa shape index (κ2) is 6.29. The van der Waals surface area contributed by atoms with Gasteiger partial charge in [0.1, 0.15) is 0 Å². The number of piperidine rings is 1. The number of aliphatic hydroxyl groups is 1. The van der Waals surface area contributed by atoms with Gasteiger partial charge in [0.25, 0.3) is 5.91 Å². The Morgan fingerprint density at radius 2 is 1.77 bits per heavy atom. The second-order valence-corrected chi connectivity index (χ2v) is 6.76. The molecule has 1 aliphatic heterocycles. The van der Waals surface area contributed by atoms with Gasteiger partial charge >= 0.3 is 0 Å². The van der Waals surface area contributed by atoms with Crippen LogP contribution in [0.2, 0.25) is 0 Å². The summed E-state index contributed by atoms with van der Waals surface area (Å²) in [5.41, 5.74) is 1.90. The molecule has 1 aliphatic carbocycles. The zero-order valence-corrected chi connectivity index (χ0v) is 13.5. The van der Waals surface area contributed by atoms with Crippen LogP contribution in [0.3, 0.4) is 0 Å². The van der Waals surface area contributed by atoms with Gasteiger partial charge in [-0.05, 0) is 62.8 Å². The summed E-state index contributed by atoms with van der Waals surface area (Å²) in [6, 6.07) is 8.24. The van der Waals surface area contributed by atoms with Crippen molar-refractivity contribution < 1.29 is 9.90 Å². The molecule has 1 unspecified atom stereocenters. The van der Waals surface area contributed by atoms with Crippen LogP contribution in [-0.4, -0.2) is 48.2 Å². The molecule has 1 heterocycles. The summed E-state index contributed by atoms with van der Waals surface area (Å²) in [6.45, 7) is 3.91. The number of amides is 1. The average Bonchev–Trinajstić information content (AvgIpc) is 3.38. The van der Waals surface area contributed by atoms with E-state index in [1.807, 2.05) is 36.2 Å². The molecule has 120 valence electrons. The average molecular weight is 302 g/mol. The fraction of sp³-hybridized carbons (Fsp3) is 0.611. The number of hydrogen-bond donors (Lipinski definition) is 1. The number of hydrogen-bond acceptors (Lipinski definition) is 3. The molecule has 4 heteroatoms. The Labute approximate surface area is 132 Å². The molecule has 2 fully saturated rings. The van der Waals surface area contributed by atoms with Crippen molar-refractivity contribution in [2.45, 2.75) is 44.8 Å². The first-order valence-electron chi connectivity index (χ1n) is 8.36. The van der Waals surface area contributed by atoms with E-state index in [9.17, 15) is 9.90 Å². The first-order valence-corrected chi connectivity index (χ1v) is 8.36. The van der Waals surface area contributed by atoms with E-state index in [2.05, 4.69) is 11.8 Å². The van der Waals surface area contributed by atoms with Gasteiger partial charge in [0.2, 0.25) is 0 Å². The second-order valence-electron chi connectivity index (χ2n) is 6.76. The highest BCUT2D eigenvalue weighted by Gasteiger charge is 2.32. The lowest BCUT2D eigenvalue weighted by atomic mass is 10.1. The highest BCUT2D eigenvalue weighted by atomic mass is 16.3. The van der Waals surface area contributed by atoms with Gasteiger partial charge in [-0.3, -0.25) is 4.79 Å². The zero-order valence-electron chi connectivity index (χ0n) is 13.5. The molecule has 0 radical (unpaired) electrons. The maximum absolute atomic E-state index is 12.5. The molecule has 1 saturated carbocycles. The Morgan fingerprint density at radius 1 is 1.18 bits per heavy atom. The molecular formula is C18H26N2O2. The summed E-state index contributed by atoms with van der Waals surface area (Å²) < 4.78 is 0. The molecule has 1 atom stereocenters. The first-order chi connectivity index (χ1) is 10.6. The third kappa shape index (κ3) is 3.27. The van der Waals surface area contributed by atoms with Gasteiger partial charge in [0.05, 0.1) is 6.10 Å². The van der Waals surface area contributed by atoms with E-state index in [-0.39, 0.29) is 12.0 Å². The molecule has 3 rings (SSSR count). The predicted octanol–water partition coefficient (Wildman–Crippen LogP) is 2.52. The van der Waals surface area contributed by atoms with Crippen LogP contribution in [0.25, 0.3) is 0 Å². The van der Waals surface area contributed by atoms with Crippen molar-refractivity contribution in [3.63, 3.8) is 0 Å². The molecule has 0 aromatic heterocycles. The topological polar surface area (TPSA) is 43.8 Å². The number of benzene rings is 1. The van der Waals surface area contributed by atoms with E-state index in [0.717, 1.165) is 37.2 Å². The fourth-order valence-corrected chi connectivity index (χ4v) is 3.22. The third-order valence-corrected chi connectivity index (χ3v) is 5.18. The van der Waals surface area contributed by atoms with Crippen LogP contribution in [0.5, 0.6) is 0 Å². The highest BCUT2D eigenvalue weighted by Crippen LogP contribution is 2.35. The summed E-state index contributed by atoms with van der Waals surface area (Å²) in [5.74, 6) is 0.799. The van der Waals surface area contributed by atoms with Gasteiger partial charge < -0.3 is 14.9 Å².